The van der Waals surface area contributed by atoms with E-state index in [4.69, 9.17) is 40.2 Å². The summed E-state index contributed by atoms with van der Waals surface area (Å²) in [4.78, 5) is 57.9. The zero-order valence-electron chi connectivity index (χ0n) is 16.8. The molecule has 6 N–H and O–H groups in total. The van der Waals surface area contributed by atoms with Crippen LogP contribution >= 0.6 is 35.1 Å². The van der Waals surface area contributed by atoms with E-state index in [9.17, 15) is 37.7 Å². The molecule has 1 aromatic rings. The second-order valence-corrected chi connectivity index (χ2v) is 10.7. The third kappa shape index (κ3) is 6.22. The Labute approximate surface area is 183 Å². The van der Waals surface area contributed by atoms with Crippen LogP contribution in [0.4, 0.5) is 4.39 Å². The number of aromatic nitrogens is 2. The highest BCUT2D eigenvalue weighted by molar-refractivity contribution is 7.66. The summed E-state index contributed by atoms with van der Waals surface area (Å²) in [5.41, 5.74) is -2.84. The molecule has 21 heteroatoms. The standard InChI is InChI=1S/C11H13ClFN2O14P3/c1-2-11(12)7(16)6(27-9(11)15-3-5(13)8(17)14-10(15)18)4-26-31(22,23)29-32(24,25)28-30(19,20)21/h1,3,6-7,9,16H,4H2,(H,22,23)(H,24,25)(H,14,17,18)(H2,19,20,21)/t6-,7+,9-,11?/m1/s1/i4D2. The SMILES string of the molecule is [2H]C([2H])(OP(=O)(O)OP(=O)(O)OP(=O)(O)O)[C@H]1O[C@@H](n2cc(F)c(=O)[nH]c2=O)C(Cl)(C#C)[C@H]1O. The van der Waals surface area contributed by atoms with Crippen LogP contribution in [0.5, 0.6) is 0 Å². The first-order valence-electron chi connectivity index (χ1n) is 8.50. The summed E-state index contributed by atoms with van der Waals surface area (Å²) in [5.74, 6) is 0.221. The summed E-state index contributed by atoms with van der Waals surface area (Å²) in [7, 11) is -17.9. The number of aliphatic hydroxyl groups excluding tert-OH is 1. The lowest BCUT2D eigenvalue weighted by molar-refractivity contribution is -0.0458. The van der Waals surface area contributed by atoms with Crippen LogP contribution in [-0.4, -0.2) is 57.9 Å². The summed E-state index contributed by atoms with van der Waals surface area (Å²) < 4.78 is 79.4. The molecule has 2 heterocycles. The van der Waals surface area contributed by atoms with Crippen molar-refractivity contribution in [2.45, 2.75) is 23.3 Å². The predicted molar refractivity (Wildman–Crippen MR) is 98.4 cm³/mol. The van der Waals surface area contributed by atoms with E-state index in [1.807, 2.05) is 0 Å². The van der Waals surface area contributed by atoms with Crippen molar-refractivity contribution in [2.24, 2.45) is 0 Å². The summed E-state index contributed by atoms with van der Waals surface area (Å²) in [6, 6.07) is 0. The number of hydrogen-bond donors (Lipinski definition) is 6. The van der Waals surface area contributed by atoms with Crippen LogP contribution in [0.25, 0.3) is 0 Å². The van der Waals surface area contributed by atoms with Crippen LogP contribution in [0.2, 0.25) is 0 Å². The van der Waals surface area contributed by atoms with Crippen LogP contribution in [0.3, 0.4) is 0 Å². The molecule has 1 aliphatic heterocycles. The number of phosphoric acid groups is 3. The number of ether oxygens (including phenoxy) is 1. The van der Waals surface area contributed by atoms with Gasteiger partial charge >= 0.3 is 29.2 Å². The van der Waals surface area contributed by atoms with E-state index in [2.05, 4.69) is 13.1 Å². The molecule has 0 spiro atoms. The Kier molecular flexibility index (Phi) is 6.88. The first-order chi connectivity index (χ1) is 15.1. The van der Waals surface area contributed by atoms with Crippen molar-refractivity contribution in [1.29, 1.82) is 0 Å². The molecule has 0 aromatic carbocycles. The molecule has 32 heavy (non-hydrogen) atoms. The van der Waals surface area contributed by atoms with Crippen LogP contribution in [-0.2, 0) is 31.6 Å². The lowest BCUT2D eigenvalue weighted by Gasteiger charge is -2.25. The molecule has 0 aliphatic carbocycles. The maximum absolute atomic E-state index is 13.7. The molecule has 6 atom stereocenters. The van der Waals surface area contributed by atoms with Crippen molar-refractivity contribution in [2.75, 3.05) is 6.56 Å². The first-order valence-corrected chi connectivity index (χ1v) is 12.4. The van der Waals surface area contributed by atoms with E-state index in [0.717, 1.165) is 0 Å². The number of phosphoric ester groups is 1. The topological polar surface area (TPSA) is 244 Å². The molecule has 0 bridgehead atoms. The number of nitrogens with zero attached hydrogens (tertiary/aromatic N) is 1. The van der Waals surface area contributed by atoms with Gasteiger partial charge in [-0.3, -0.25) is 18.9 Å². The summed E-state index contributed by atoms with van der Waals surface area (Å²) in [6.45, 7) is -3.72. The molecule has 2 rings (SSSR count). The molecule has 1 aliphatic rings. The third-order valence-corrected chi connectivity index (χ3v) is 7.63. The molecule has 0 saturated carbocycles. The summed E-state index contributed by atoms with van der Waals surface area (Å²) in [5, 5.41) is 10.4. The van der Waals surface area contributed by atoms with E-state index in [1.165, 1.54) is 4.98 Å². The molecular formula is C11H13ClFN2O14P3. The van der Waals surface area contributed by atoms with E-state index >= 15 is 0 Å². The van der Waals surface area contributed by atoms with Crippen molar-refractivity contribution in [3.05, 3.63) is 32.9 Å². The fourth-order valence-electron chi connectivity index (χ4n) is 2.25. The number of halogens is 2. The van der Waals surface area contributed by atoms with Gasteiger partial charge in [0.05, 0.1) is 15.5 Å². The second kappa shape index (κ2) is 9.21. The monoisotopic (exact) mass is 546 g/mol. The highest BCUT2D eigenvalue weighted by atomic mass is 35.5. The Morgan fingerprint density at radius 3 is 2.44 bits per heavy atom. The number of aliphatic hydroxyl groups is 1. The maximum atomic E-state index is 13.7. The number of rotatable bonds is 8. The minimum Gasteiger partial charge on any atom is -0.387 e. The van der Waals surface area contributed by atoms with E-state index in [0.29, 0.717) is 0 Å². The number of terminal acetylenes is 1. The van der Waals surface area contributed by atoms with Crippen molar-refractivity contribution in [3.8, 4) is 12.3 Å². The number of alkyl halides is 1. The zero-order chi connectivity index (χ0) is 26.5. The maximum Gasteiger partial charge on any atom is 0.490 e. The van der Waals surface area contributed by atoms with Gasteiger partial charge in [0, 0.05) is 0 Å². The van der Waals surface area contributed by atoms with Crippen molar-refractivity contribution >= 4 is 35.1 Å². The van der Waals surface area contributed by atoms with Crippen LogP contribution < -0.4 is 11.2 Å². The molecule has 1 fully saturated rings. The van der Waals surface area contributed by atoms with Crippen LogP contribution in [0.1, 0.15) is 8.97 Å². The molecule has 180 valence electrons. The Hall–Kier alpha value is -1.21. The van der Waals surface area contributed by atoms with Gasteiger partial charge in [-0.05, 0) is 0 Å². The van der Waals surface area contributed by atoms with Crippen LogP contribution in [0.15, 0.2) is 15.8 Å². The lowest BCUT2D eigenvalue weighted by atomic mass is 9.99. The van der Waals surface area contributed by atoms with E-state index in [-0.39, 0.29) is 10.8 Å². The first kappa shape index (κ1) is 23.9. The Morgan fingerprint density at radius 2 is 1.91 bits per heavy atom. The average molecular weight is 547 g/mol. The Balaban J connectivity index is 2.40. The van der Waals surface area contributed by atoms with E-state index in [1.54, 1.807) is 5.92 Å². The number of aromatic amines is 1. The number of hydrogen-bond acceptors (Lipinski definition) is 10. The normalized spacial score (nSPS) is 31.1. The Morgan fingerprint density at radius 1 is 1.31 bits per heavy atom. The second-order valence-electron chi connectivity index (χ2n) is 5.71. The summed E-state index contributed by atoms with van der Waals surface area (Å²) in [6.07, 6.45) is -1.56. The predicted octanol–water partition coefficient (Wildman–Crippen LogP) is -1.11. The quantitative estimate of drug-likeness (QED) is 0.129. The van der Waals surface area contributed by atoms with Crippen molar-refractivity contribution in [1.82, 2.24) is 9.55 Å². The highest BCUT2D eigenvalue weighted by Gasteiger charge is 2.56. The highest BCUT2D eigenvalue weighted by Crippen LogP contribution is 2.66. The van der Waals surface area contributed by atoms with Crippen LogP contribution in [0, 0.1) is 18.2 Å². The van der Waals surface area contributed by atoms with Gasteiger partial charge in [0.1, 0.15) is 12.2 Å². The molecule has 1 aromatic heterocycles. The third-order valence-electron chi connectivity index (χ3n) is 3.45. The minimum atomic E-state index is -6.08. The fraction of sp³-hybridized carbons (Fsp3) is 0.455. The molecule has 1 saturated heterocycles. The van der Waals surface area contributed by atoms with Gasteiger partial charge in [0.15, 0.2) is 11.1 Å². The van der Waals surface area contributed by atoms with Gasteiger partial charge in [-0.25, -0.2) is 18.5 Å². The molecule has 0 amide bonds. The fourth-order valence-corrected chi connectivity index (χ4v) is 5.39. The molecule has 3 unspecified atom stereocenters. The number of H-pyrrole nitrogens is 1. The van der Waals surface area contributed by atoms with E-state index < -0.39 is 70.4 Å². The zero-order valence-corrected chi connectivity index (χ0v) is 18.3. The van der Waals surface area contributed by atoms with Gasteiger partial charge in [-0.1, -0.05) is 17.5 Å². The Bertz CT molecular complexity index is 1280. The molecule has 0 radical (unpaired) electrons. The molecule has 16 nitrogen and oxygen atoms in total. The van der Waals surface area contributed by atoms with Gasteiger partial charge in [-0.15, -0.1) is 6.42 Å². The summed E-state index contributed by atoms with van der Waals surface area (Å²) >= 11 is 6.06. The minimum absolute atomic E-state index is 0.230. The van der Waals surface area contributed by atoms with Gasteiger partial charge in [-0.2, -0.15) is 13.0 Å². The van der Waals surface area contributed by atoms with Gasteiger partial charge < -0.3 is 29.4 Å². The average Bonchev–Trinajstić information content (AvgIpc) is 2.87. The lowest BCUT2D eigenvalue weighted by Crippen LogP contribution is -2.44. The smallest absolute Gasteiger partial charge is 0.387 e. The van der Waals surface area contributed by atoms with Crippen molar-refractivity contribution < 1.29 is 63.4 Å². The number of nitrogens with one attached hydrogen (secondary N) is 1. The van der Waals surface area contributed by atoms with Crippen molar-refractivity contribution in [3.63, 3.8) is 0 Å². The molecular weight excluding hydrogens is 531 g/mol. The van der Waals surface area contributed by atoms with Gasteiger partial charge in [0.25, 0.3) is 5.56 Å². The van der Waals surface area contributed by atoms with Gasteiger partial charge in [0.2, 0.25) is 5.82 Å². The largest absolute Gasteiger partial charge is 0.490 e.